The number of hydrogen-bond acceptors (Lipinski definition) is 2. The number of ether oxygens (including phenoxy) is 1. The normalized spacial score (nSPS) is 11.1. The van der Waals surface area contributed by atoms with Crippen molar-refractivity contribution in [2.75, 3.05) is 7.11 Å². The SMILES string of the molecule is CCCn1c(CC)cc(=O)c2cc(F)c(-c3ccc(OC)cc3)c(F)c21. The van der Waals surface area contributed by atoms with Gasteiger partial charge in [-0.2, -0.15) is 0 Å². The summed E-state index contributed by atoms with van der Waals surface area (Å²) in [6, 6.07) is 9.14. The van der Waals surface area contributed by atoms with E-state index in [0.29, 0.717) is 24.3 Å². The van der Waals surface area contributed by atoms with Gasteiger partial charge in [-0.1, -0.05) is 26.0 Å². The zero-order valence-electron chi connectivity index (χ0n) is 15.1. The summed E-state index contributed by atoms with van der Waals surface area (Å²) in [4.78, 5) is 12.4. The highest BCUT2D eigenvalue weighted by molar-refractivity contribution is 5.86. The quantitative estimate of drug-likeness (QED) is 0.648. The molecule has 1 heterocycles. The molecule has 0 radical (unpaired) electrons. The maximum atomic E-state index is 15.4. The monoisotopic (exact) mass is 357 g/mol. The Morgan fingerprint density at radius 1 is 1.08 bits per heavy atom. The number of nitrogens with zero attached hydrogens (tertiary/aromatic N) is 1. The highest BCUT2D eigenvalue weighted by atomic mass is 19.1. The Kier molecular flexibility index (Phi) is 5.07. The minimum atomic E-state index is -0.746. The number of fused-ring (bicyclic) bond motifs is 1. The van der Waals surface area contributed by atoms with Crippen LogP contribution in [0.3, 0.4) is 0 Å². The molecule has 0 amide bonds. The van der Waals surface area contributed by atoms with E-state index >= 15 is 4.39 Å². The molecular formula is C21H21F2NO2. The van der Waals surface area contributed by atoms with Crippen LogP contribution in [0.1, 0.15) is 26.0 Å². The summed E-state index contributed by atoms with van der Waals surface area (Å²) in [7, 11) is 1.53. The Morgan fingerprint density at radius 3 is 2.35 bits per heavy atom. The Balaban J connectivity index is 2.38. The third-order valence-corrected chi connectivity index (χ3v) is 4.56. The average molecular weight is 357 g/mol. The lowest BCUT2D eigenvalue weighted by Crippen LogP contribution is -2.16. The smallest absolute Gasteiger partial charge is 0.189 e. The number of benzene rings is 2. The van der Waals surface area contributed by atoms with Crippen LogP contribution in [0.4, 0.5) is 8.78 Å². The average Bonchev–Trinajstić information content (AvgIpc) is 2.64. The standard InChI is InChI=1S/C21H21F2NO2/c1-4-10-24-14(5-2)11-18(25)16-12-17(22)19(20(23)21(16)24)13-6-8-15(26-3)9-7-13/h6-9,11-12H,4-5,10H2,1-3H3. The summed E-state index contributed by atoms with van der Waals surface area (Å²) in [6.45, 7) is 4.46. The minimum absolute atomic E-state index is 0.0721. The van der Waals surface area contributed by atoms with Crippen molar-refractivity contribution in [3.8, 4) is 16.9 Å². The molecule has 3 nitrogen and oxygen atoms in total. The van der Waals surface area contributed by atoms with Crippen LogP contribution in [0.25, 0.3) is 22.0 Å². The van der Waals surface area contributed by atoms with Crippen LogP contribution >= 0.6 is 0 Å². The molecule has 0 saturated heterocycles. The predicted molar refractivity (Wildman–Crippen MR) is 99.8 cm³/mol. The van der Waals surface area contributed by atoms with Crippen LogP contribution < -0.4 is 10.2 Å². The van der Waals surface area contributed by atoms with Crippen molar-refractivity contribution < 1.29 is 13.5 Å². The van der Waals surface area contributed by atoms with Gasteiger partial charge in [-0.05, 0) is 36.6 Å². The van der Waals surface area contributed by atoms with Crippen molar-refractivity contribution in [3.05, 3.63) is 63.9 Å². The molecular weight excluding hydrogens is 336 g/mol. The second-order valence-corrected chi connectivity index (χ2v) is 6.18. The van der Waals surface area contributed by atoms with Gasteiger partial charge in [0, 0.05) is 18.3 Å². The van der Waals surface area contributed by atoms with E-state index in [1.54, 1.807) is 28.8 Å². The summed E-state index contributed by atoms with van der Waals surface area (Å²) in [5, 5.41) is 0.0721. The Hall–Kier alpha value is -2.69. The zero-order chi connectivity index (χ0) is 18.8. The molecule has 3 aromatic rings. The van der Waals surface area contributed by atoms with Gasteiger partial charge >= 0.3 is 0 Å². The molecule has 0 N–H and O–H groups in total. The summed E-state index contributed by atoms with van der Waals surface area (Å²) >= 11 is 0. The summed E-state index contributed by atoms with van der Waals surface area (Å²) < 4.78 is 37.0. The van der Waals surface area contributed by atoms with Crippen molar-refractivity contribution in [2.24, 2.45) is 0 Å². The number of methoxy groups -OCH3 is 1. The van der Waals surface area contributed by atoms with Gasteiger partial charge in [0.05, 0.1) is 23.6 Å². The van der Waals surface area contributed by atoms with Gasteiger partial charge in [0.2, 0.25) is 0 Å². The van der Waals surface area contributed by atoms with Crippen molar-refractivity contribution >= 4 is 10.9 Å². The van der Waals surface area contributed by atoms with Crippen molar-refractivity contribution in [2.45, 2.75) is 33.2 Å². The molecule has 0 atom stereocenters. The second-order valence-electron chi connectivity index (χ2n) is 6.18. The maximum Gasteiger partial charge on any atom is 0.189 e. The first-order chi connectivity index (χ1) is 12.5. The molecule has 2 aromatic carbocycles. The fourth-order valence-electron chi connectivity index (χ4n) is 3.31. The summed E-state index contributed by atoms with van der Waals surface area (Å²) in [6.07, 6.45) is 1.37. The van der Waals surface area contributed by atoms with E-state index in [0.717, 1.165) is 18.2 Å². The molecule has 0 fully saturated rings. The van der Waals surface area contributed by atoms with Crippen LogP contribution in [-0.4, -0.2) is 11.7 Å². The fraction of sp³-hybridized carbons (Fsp3) is 0.286. The van der Waals surface area contributed by atoms with E-state index in [-0.39, 0.29) is 21.9 Å². The van der Waals surface area contributed by atoms with Crippen LogP contribution in [0, 0.1) is 11.6 Å². The lowest BCUT2D eigenvalue weighted by atomic mass is 10.0. The van der Waals surface area contributed by atoms with Gasteiger partial charge in [-0.3, -0.25) is 4.79 Å². The van der Waals surface area contributed by atoms with Crippen LogP contribution in [0.15, 0.2) is 41.2 Å². The van der Waals surface area contributed by atoms with Crippen LogP contribution in [-0.2, 0) is 13.0 Å². The van der Waals surface area contributed by atoms with Crippen molar-refractivity contribution in [3.63, 3.8) is 0 Å². The summed E-state index contributed by atoms with van der Waals surface area (Å²) in [5.41, 5.74) is 0.833. The lowest BCUT2D eigenvalue weighted by molar-refractivity contribution is 0.415. The Bertz CT molecular complexity index is 1010. The first-order valence-electron chi connectivity index (χ1n) is 8.70. The number of hydrogen-bond donors (Lipinski definition) is 0. The molecule has 3 rings (SSSR count). The Morgan fingerprint density at radius 2 is 1.77 bits per heavy atom. The largest absolute Gasteiger partial charge is 0.497 e. The minimum Gasteiger partial charge on any atom is -0.497 e. The second kappa shape index (κ2) is 7.28. The van der Waals surface area contributed by atoms with E-state index in [9.17, 15) is 9.18 Å². The number of rotatable bonds is 5. The van der Waals surface area contributed by atoms with Gasteiger partial charge in [0.25, 0.3) is 0 Å². The molecule has 0 saturated carbocycles. The lowest BCUT2D eigenvalue weighted by Gasteiger charge is -2.18. The van der Waals surface area contributed by atoms with Gasteiger partial charge in [0.15, 0.2) is 11.2 Å². The van der Waals surface area contributed by atoms with Gasteiger partial charge in [0.1, 0.15) is 11.6 Å². The molecule has 136 valence electrons. The topological polar surface area (TPSA) is 31.2 Å². The zero-order valence-corrected chi connectivity index (χ0v) is 15.1. The molecule has 1 aromatic heterocycles. The third kappa shape index (κ3) is 2.98. The molecule has 0 aliphatic heterocycles. The van der Waals surface area contributed by atoms with E-state index in [4.69, 9.17) is 4.74 Å². The fourth-order valence-corrected chi connectivity index (χ4v) is 3.31. The molecule has 0 unspecified atom stereocenters. The highest BCUT2D eigenvalue weighted by Crippen LogP contribution is 2.32. The Labute approximate surface area is 150 Å². The van der Waals surface area contributed by atoms with E-state index < -0.39 is 11.6 Å². The number of aryl methyl sites for hydroxylation is 2. The van der Waals surface area contributed by atoms with E-state index in [1.165, 1.54) is 13.2 Å². The molecule has 0 spiro atoms. The first-order valence-corrected chi connectivity index (χ1v) is 8.70. The van der Waals surface area contributed by atoms with Crippen LogP contribution in [0.5, 0.6) is 5.75 Å². The summed E-state index contributed by atoms with van der Waals surface area (Å²) in [5.74, 6) is -0.845. The molecule has 5 heteroatoms. The van der Waals surface area contributed by atoms with Gasteiger partial charge in [-0.15, -0.1) is 0 Å². The van der Waals surface area contributed by atoms with E-state index in [2.05, 4.69) is 0 Å². The van der Waals surface area contributed by atoms with Gasteiger partial charge < -0.3 is 9.30 Å². The maximum absolute atomic E-state index is 15.4. The van der Waals surface area contributed by atoms with Crippen molar-refractivity contribution in [1.29, 1.82) is 0 Å². The number of aromatic nitrogens is 1. The number of halogens is 2. The number of pyridine rings is 1. The third-order valence-electron chi connectivity index (χ3n) is 4.56. The molecule has 0 aliphatic rings. The molecule has 0 bridgehead atoms. The van der Waals surface area contributed by atoms with Gasteiger partial charge in [-0.25, -0.2) is 8.78 Å². The van der Waals surface area contributed by atoms with E-state index in [1.807, 2.05) is 13.8 Å². The van der Waals surface area contributed by atoms with Crippen LogP contribution in [0.2, 0.25) is 0 Å². The molecule has 26 heavy (non-hydrogen) atoms. The van der Waals surface area contributed by atoms with Crippen molar-refractivity contribution in [1.82, 2.24) is 4.57 Å². The predicted octanol–water partition coefficient (Wildman–Crippen LogP) is 4.93. The first kappa shape index (κ1) is 18.1. The highest BCUT2D eigenvalue weighted by Gasteiger charge is 2.20. The molecule has 0 aliphatic carbocycles.